The van der Waals surface area contributed by atoms with Crippen LogP contribution < -0.4 is 0 Å². The van der Waals surface area contributed by atoms with Gasteiger partial charge >= 0.3 is 11.9 Å². The fraction of sp³-hybridized carbons (Fsp3) is 0.333. The third kappa shape index (κ3) is 10.5. The molecule has 0 aromatic heterocycles. The summed E-state index contributed by atoms with van der Waals surface area (Å²) in [6.45, 7) is 9.81. The summed E-state index contributed by atoms with van der Waals surface area (Å²) >= 11 is 30.0. The number of hydrogen-bond acceptors (Lipinski definition) is 5. The minimum atomic E-state index is -0.844. The number of halogens is 4. The molecule has 0 radical (unpaired) electrons. The second-order valence-corrected chi connectivity index (χ2v) is 18.7. The first kappa shape index (κ1) is 46.3. The molecular formula is C48H48Cl4N2O6S. The summed E-state index contributed by atoms with van der Waals surface area (Å²) < 4.78 is 0. The van der Waals surface area contributed by atoms with Gasteiger partial charge < -0.3 is 20.0 Å². The van der Waals surface area contributed by atoms with Crippen LogP contribution in [-0.2, 0) is 19.2 Å². The highest BCUT2D eigenvalue weighted by atomic mass is 35.5. The lowest BCUT2D eigenvalue weighted by molar-refractivity contribution is -0.145. The van der Waals surface area contributed by atoms with E-state index >= 15 is 0 Å². The molecule has 2 heterocycles. The van der Waals surface area contributed by atoms with E-state index in [1.165, 1.54) is 23.9 Å². The maximum atomic E-state index is 13.4. The molecule has 2 aliphatic rings. The van der Waals surface area contributed by atoms with E-state index < -0.39 is 23.8 Å². The van der Waals surface area contributed by atoms with Gasteiger partial charge in [0.1, 0.15) is 0 Å². The largest absolute Gasteiger partial charge is 0.481 e. The van der Waals surface area contributed by atoms with E-state index in [1.807, 2.05) is 48.5 Å². The third-order valence-electron chi connectivity index (χ3n) is 11.5. The Labute approximate surface area is 381 Å². The van der Waals surface area contributed by atoms with Crippen LogP contribution in [0.25, 0.3) is 34.4 Å². The maximum Gasteiger partial charge on any atom is 0.306 e. The third-order valence-corrected chi connectivity index (χ3v) is 14.6. The smallest absolute Gasteiger partial charge is 0.306 e. The minimum Gasteiger partial charge on any atom is -0.481 e. The first-order chi connectivity index (χ1) is 29.1. The highest BCUT2D eigenvalue weighted by molar-refractivity contribution is 7.99. The van der Waals surface area contributed by atoms with Crippen LogP contribution in [0, 0.1) is 11.8 Å². The van der Waals surface area contributed by atoms with Crippen molar-refractivity contribution >= 4 is 94.1 Å². The van der Waals surface area contributed by atoms with Gasteiger partial charge in [-0.2, -0.15) is 0 Å². The highest BCUT2D eigenvalue weighted by Gasteiger charge is 2.29. The van der Waals surface area contributed by atoms with Gasteiger partial charge in [0.25, 0.3) is 0 Å². The number of nitrogens with zero attached hydrogens (tertiary/aromatic N) is 2. The molecule has 13 heteroatoms. The van der Waals surface area contributed by atoms with Gasteiger partial charge in [0.05, 0.1) is 31.9 Å². The number of piperidine rings is 2. The molecule has 4 aromatic rings. The number of benzene rings is 4. The second kappa shape index (κ2) is 20.3. The van der Waals surface area contributed by atoms with Gasteiger partial charge in [-0.25, -0.2) is 0 Å². The number of amides is 2. The van der Waals surface area contributed by atoms with Crippen LogP contribution in [0.15, 0.2) is 82.6 Å². The van der Waals surface area contributed by atoms with Crippen molar-refractivity contribution in [3.8, 4) is 22.3 Å². The number of rotatable bonds is 12. The van der Waals surface area contributed by atoms with Crippen LogP contribution in [0.1, 0.15) is 87.5 Å². The van der Waals surface area contributed by atoms with Crippen LogP contribution in [0.5, 0.6) is 0 Å². The number of carboxylic acid groups (broad SMARTS) is 2. The molecule has 0 atom stereocenters. The van der Waals surface area contributed by atoms with Gasteiger partial charge in [-0.05, 0) is 95.2 Å². The average Bonchev–Trinajstić information content (AvgIpc) is 3.25. The molecule has 0 bridgehead atoms. The monoisotopic (exact) mass is 920 g/mol. The van der Waals surface area contributed by atoms with Crippen LogP contribution in [0.4, 0.5) is 0 Å². The molecule has 6 rings (SSSR count). The second-order valence-electron chi connectivity index (χ2n) is 16.1. The fourth-order valence-electron chi connectivity index (χ4n) is 7.98. The van der Waals surface area contributed by atoms with E-state index in [2.05, 4.69) is 39.8 Å². The number of carbonyl (C=O) groups excluding carboxylic acids is 2. The first-order valence-electron chi connectivity index (χ1n) is 20.4. The average molecular weight is 923 g/mol. The zero-order valence-corrected chi connectivity index (χ0v) is 38.2. The van der Waals surface area contributed by atoms with Crippen molar-refractivity contribution < 1.29 is 29.4 Å². The Morgan fingerprint density at radius 2 is 0.918 bits per heavy atom. The number of likely N-dealkylation sites (tertiary alicyclic amines) is 2. The Kier molecular flexibility index (Phi) is 15.4. The van der Waals surface area contributed by atoms with E-state index in [-0.39, 0.29) is 43.7 Å². The summed E-state index contributed by atoms with van der Waals surface area (Å²) in [5.74, 6) is -2.81. The molecule has 0 unspecified atom stereocenters. The molecular weight excluding hydrogens is 874 g/mol. The van der Waals surface area contributed by atoms with E-state index in [0.29, 0.717) is 72.8 Å². The molecule has 2 amide bonds. The predicted octanol–water partition coefficient (Wildman–Crippen LogP) is 12.7. The van der Waals surface area contributed by atoms with E-state index in [4.69, 9.17) is 46.4 Å². The molecule has 8 nitrogen and oxygen atoms in total. The van der Waals surface area contributed by atoms with Gasteiger partial charge in [-0.15, -0.1) is 0 Å². The molecule has 0 spiro atoms. The van der Waals surface area contributed by atoms with Crippen LogP contribution in [0.2, 0.25) is 20.1 Å². The lowest BCUT2D eigenvalue weighted by atomic mass is 9.90. The van der Waals surface area contributed by atoms with Crippen molar-refractivity contribution in [2.75, 3.05) is 26.2 Å². The quantitative estimate of drug-likeness (QED) is 0.136. The molecule has 320 valence electrons. The standard InChI is InChI=1S/C48H48Cl4N2O6S/c1-27(2)31-9-5-7-11-33(31)37-25-39(45(51)43(49)35(37)13-15-41(55)53-21-17-29(18-22-53)47(57)58)61-40-26-38(34-12-8-6-10-32(34)28(3)4)36(44(50)46(40)52)14-16-42(56)54-23-19-30(20-24-54)48(59)60/h5-16,25-30H,17-24H2,1-4H3,(H,57,58)(H,59,60). The van der Waals surface area contributed by atoms with Crippen molar-refractivity contribution in [2.45, 2.75) is 75.0 Å². The maximum absolute atomic E-state index is 13.4. The van der Waals surface area contributed by atoms with Gasteiger partial charge in [-0.1, -0.05) is 134 Å². The first-order valence-corrected chi connectivity index (χ1v) is 22.7. The summed E-state index contributed by atoms with van der Waals surface area (Å²) in [5, 5.41) is 19.9. The van der Waals surface area contributed by atoms with Gasteiger partial charge in [-0.3, -0.25) is 19.2 Å². The Morgan fingerprint density at radius 1 is 0.574 bits per heavy atom. The molecule has 4 aromatic carbocycles. The summed E-state index contributed by atoms with van der Waals surface area (Å²) in [5.41, 5.74) is 6.61. The zero-order chi connectivity index (χ0) is 44.1. The van der Waals surface area contributed by atoms with Crippen LogP contribution in [-0.4, -0.2) is 69.9 Å². The van der Waals surface area contributed by atoms with E-state index in [9.17, 15) is 29.4 Å². The topological polar surface area (TPSA) is 115 Å². The lowest BCUT2D eigenvalue weighted by Gasteiger charge is -2.29. The highest BCUT2D eigenvalue weighted by Crippen LogP contribution is 2.50. The summed E-state index contributed by atoms with van der Waals surface area (Å²) in [7, 11) is 0. The van der Waals surface area contributed by atoms with Crippen molar-refractivity contribution in [2.24, 2.45) is 11.8 Å². The number of aliphatic carboxylic acids is 2. The number of carboxylic acids is 2. The normalized spacial score (nSPS) is 15.4. The number of carbonyl (C=O) groups is 4. The fourth-order valence-corrected chi connectivity index (χ4v) is 10.1. The Hall–Kier alpha value is -4.25. The molecule has 61 heavy (non-hydrogen) atoms. The zero-order valence-electron chi connectivity index (χ0n) is 34.4. The molecule has 0 aliphatic carbocycles. The molecule has 2 fully saturated rings. The van der Waals surface area contributed by atoms with Gasteiger partial charge in [0, 0.05) is 59.2 Å². The molecule has 2 N–H and O–H groups in total. The summed E-state index contributed by atoms with van der Waals surface area (Å²) in [4.78, 5) is 54.4. The Bertz CT molecular complexity index is 2230. The van der Waals surface area contributed by atoms with Crippen molar-refractivity contribution in [1.29, 1.82) is 0 Å². The van der Waals surface area contributed by atoms with Crippen LogP contribution in [0.3, 0.4) is 0 Å². The number of hydrogen-bond donors (Lipinski definition) is 2. The molecule has 0 saturated carbocycles. The van der Waals surface area contributed by atoms with Gasteiger partial charge in [0.2, 0.25) is 11.8 Å². The SMILES string of the molecule is CC(C)c1ccccc1-c1cc(Sc2cc(-c3ccccc3C(C)C)c(C=CC(=O)N3CCC(C(=O)O)CC3)c(Cl)c2Cl)c(Cl)c(Cl)c1C=CC(=O)N1CCC(C(=O)O)CC1. The minimum absolute atomic E-state index is 0.150. The summed E-state index contributed by atoms with van der Waals surface area (Å²) in [6.07, 6.45) is 7.87. The van der Waals surface area contributed by atoms with E-state index in [1.54, 1.807) is 22.0 Å². The lowest BCUT2D eigenvalue weighted by Crippen LogP contribution is -2.39. The van der Waals surface area contributed by atoms with Crippen molar-refractivity contribution in [1.82, 2.24) is 9.80 Å². The van der Waals surface area contributed by atoms with E-state index in [0.717, 1.165) is 33.4 Å². The van der Waals surface area contributed by atoms with Crippen molar-refractivity contribution in [3.05, 3.63) is 115 Å². The summed E-state index contributed by atoms with van der Waals surface area (Å²) in [6, 6.07) is 19.9. The molecule has 2 aliphatic heterocycles. The van der Waals surface area contributed by atoms with Crippen molar-refractivity contribution in [3.63, 3.8) is 0 Å². The van der Waals surface area contributed by atoms with Gasteiger partial charge in [0.15, 0.2) is 0 Å². The van der Waals surface area contributed by atoms with Crippen LogP contribution >= 0.6 is 58.2 Å². The predicted molar refractivity (Wildman–Crippen MR) is 248 cm³/mol. The Balaban J connectivity index is 1.43. The molecule has 2 saturated heterocycles. The Morgan fingerprint density at radius 3 is 1.25 bits per heavy atom.